The van der Waals surface area contributed by atoms with Crippen molar-refractivity contribution in [2.45, 2.75) is 19.3 Å². The SMILES string of the molecule is CCOC(=O)C(F)(F)/C=C(\I)CCOC(=O)c1ccccc1. The average molecular weight is 424 g/mol. The number of carbonyl (C=O) groups excluding carboxylic acids is 2. The molecule has 0 N–H and O–H groups in total. The summed E-state index contributed by atoms with van der Waals surface area (Å²) in [6.45, 7) is 1.28. The van der Waals surface area contributed by atoms with E-state index in [0.717, 1.165) is 0 Å². The van der Waals surface area contributed by atoms with Crippen LogP contribution in [-0.2, 0) is 14.3 Å². The van der Waals surface area contributed by atoms with Gasteiger partial charge in [-0.2, -0.15) is 8.78 Å². The van der Waals surface area contributed by atoms with Crippen molar-refractivity contribution in [2.75, 3.05) is 13.2 Å². The maximum absolute atomic E-state index is 13.4. The van der Waals surface area contributed by atoms with Crippen LogP contribution in [0.15, 0.2) is 40.0 Å². The van der Waals surface area contributed by atoms with Crippen molar-refractivity contribution < 1.29 is 27.8 Å². The van der Waals surface area contributed by atoms with Crippen LogP contribution in [0, 0.1) is 0 Å². The summed E-state index contributed by atoms with van der Waals surface area (Å²) in [5.41, 5.74) is 0.387. The fourth-order valence-corrected chi connectivity index (χ4v) is 2.07. The molecule has 0 saturated carbocycles. The summed E-state index contributed by atoms with van der Waals surface area (Å²) in [7, 11) is 0. The van der Waals surface area contributed by atoms with Crippen LogP contribution in [-0.4, -0.2) is 31.1 Å². The highest BCUT2D eigenvalue weighted by Gasteiger charge is 2.38. The quantitative estimate of drug-likeness (QED) is 0.495. The zero-order chi connectivity index (χ0) is 16.6. The van der Waals surface area contributed by atoms with E-state index in [-0.39, 0.29) is 23.2 Å². The summed E-state index contributed by atoms with van der Waals surface area (Å²) in [5, 5.41) is 0. The summed E-state index contributed by atoms with van der Waals surface area (Å²) >= 11 is 1.67. The first-order valence-corrected chi connectivity index (χ1v) is 7.59. The van der Waals surface area contributed by atoms with Crippen LogP contribution in [0.5, 0.6) is 0 Å². The van der Waals surface area contributed by atoms with Gasteiger partial charge < -0.3 is 9.47 Å². The molecule has 4 nitrogen and oxygen atoms in total. The first kappa shape index (κ1) is 18.5. The van der Waals surface area contributed by atoms with Gasteiger partial charge in [-0.1, -0.05) is 18.2 Å². The van der Waals surface area contributed by atoms with Crippen molar-refractivity contribution in [2.24, 2.45) is 0 Å². The van der Waals surface area contributed by atoms with Gasteiger partial charge in [0.05, 0.1) is 18.8 Å². The van der Waals surface area contributed by atoms with Gasteiger partial charge in [0.1, 0.15) is 0 Å². The normalized spacial score (nSPS) is 11.9. The second-order valence-electron chi connectivity index (χ2n) is 4.19. The van der Waals surface area contributed by atoms with Crippen molar-refractivity contribution in [3.63, 3.8) is 0 Å². The van der Waals surface area contributed by atoms with E-state index in [2.05, 4.69) is 4.74 Å². The molecular weight excluding hydrogens is 409 g/mol. The second kappa shape index (κ2) is 8.82. The lowest BCUT2D eigenvalue weighted by atomic mass is 10.2. The van der Waals surface area contributed by atoms with Gasteiger partial charge in [-0.3, -0.25) is 0 Å². The summed E-state index contributed by atoms with van der Waals surface area (Å²) in [6, 6.07) is 8.34. The first-order valence-electron chi connectivity index (χ1n) is 6.51. The number of alkyl halides is 2. The van der Waals surface area contributed by atoms with Crippen LogP contribution in [0.2, 0.25) is 0 Å². The Morgan fingerprint density at radius 3 is 2.45 bits per heavy atom. The zero-order valence-electron chi connectivity index (χ0n) is 11.9. The van der Waals surface area contributed by atoms with Crippen molar-refractivity contribution in [3.8, 4) is 0 Å². The minimum atomic E-state index is -3.68. The lowest BCUT2D eigenvalue weighted by Crippen LogP contribution is -2.28. The van der Waals surface area contributed by atoms with Crippen LogP contribution >= 0.6 is 22.6 Å². The molecule has 1 aromatic rings. The molecule has 0 bridgehead atoms. The molecule has 0 aliphatic rings. The molecule has 0 aromatic heterocycles. The third-order valence-electron chi connectivity index (χ3n) is 2.47. The molecule has 7 heteroatoms. The second-order valence-corrected chi connectivity index (χ2v) is 5.57. The number of rotatable bonds is 7. The maximum Gasteiger partial charge on any atom is 0.381 e. The number of benzene rings is 1. The summed E-state index contributed by atoms with van der Waals surface area (Å²) in [6.07, 6.45) is 0.607. The van der Waals surface area contributed by atoms with Gasteiger partial charge in [-0.25, -0.2) is 9.59 Å². The van der Waals surface area contributed by atoms with E-state index in [1.54, 1.807) is 52.9 Å². The number of hydrogen-bond donors (Lipinski definition) is 0. The molecule has 0 atom stereocenters. The minimum absolute atomic E-state index is 0.0542. The number of hydrogen-bond acceptors (Lipinski definition) is 4. The van der Waals surface area contributed by atoms with Crippen LogP contribution in [0.25, 0.3) is 0 Å². The van der Waals surface area contributed by atoms with E-state index < -0.39 is 17.9 Å². The Labute approximate surface area is 140 Å². The lowest BCUT2D eigenvalue weighted by Gasteiger charge is -2.11. The third kappa shape index (κ3) is 6.08. The Bertz CT molecular complexity index is 544. The molecule has 0 spiro atoms. The van der Waals surface area contributed by atoms with Crippen molar-refractivity contribution in [1.82, 2.24) is 0 Å². The third-order valence-corrected chi connectivity index (χ3v) is 3.32. The van der Waals surface area contributed by atoms with Gasteiger partial charge in [0.25, 0.3) is 0 Å². The van der Waals surface area contributed by atoms with Crippen molar-refractivity contribution in [1.29, 1.82) is 0 Å². The number of esters is 2. The smallest absolute Gasteiger partial charge is 0.381 e. The standard InChI is InChI=1S/C15H15F2IO4/c1-2-21-14(20)15(16,17)10-12(18)8-9-22-13(19)11-6-4-3-5-7-11/h3-7,10H,2,8-9H2,1H3/b12-10-. The van der Waals surface area contributed by atoms with Gasteiger partial charge in [-0.05, 0) is 45.2 Å². The molecule has 0 amide bonds. The fourth-order valence-electron chi connectivity index (χ4n) is 1.45. The monoisotopic (exact) mass is 424 g/mol. The highest BCUT2D eigenvalue weighted by atomic mass is 127. The van der Waals surface area contributed by atoms with E-state index in [1.807, 2.05) is 0 Å². The highest BCUT2D eigenvalue weighted by molar-refractivity contribution is 14.1. The molecule has 0 aliphatic carbocycles. The van der Waals surface area contributed by atoms with E-state index >= 15 is 0 Å². The maximum atomic E-state index is 13.4. The van der Waals surface area contributed by atoms with Gasteiger partial charge >= 0.3 is 17.9 Å². The lowest BCUT2D eigenvalue weighted by molar-refractivity contribution is -0.164. The Balaban J connectivity index is 2.49. The van der Waals surface area contributed by atoms with E-state index in [4.69, 9.17) is 4.74 Å². The Morgan fingerprint density at radius 1 is 1.23 bits per heavy atom. The molecule has 0 heterocycles. The molecule has 0 saturated heterocycles. The Morgan fingerprint density at radius 2 is 1.86 bits per heavy atom. The fraction of sp³-hybridized carbons (Fsp3) is 0.333. The molecule has 120 valence electrons. The molecule has 0 radical (unpaired) electrons. The first-order chi connectivity index (χ1) is 10.4. The van der Waals surface area contributed by atoms with Crippen LogP contribution in [0.1, 0.15) is 23.7 Å². The van der Waals surface area contributed by atoms with E-state index in [0.29, 0.717) is 11.6 Å². The van der Waals surface area contributed by atoms with Gasteiger partial charge in [0.15, 0.2) is 0 Å². The van der Waals surface area contributed by atoms with E-state index in [9.17, 15) is 18.4 Å². The Kier molecular flexibility index (Phi) is 7.43. The largest absolute Gasteiger partial charge is 0.462 e. The van der Waals surface area contributed by atoms with Gasteiger partial charge in [0, 0.05) is 12.5 Å². The summed E-state index contributed by atoms with van der Waals surface area (Å²) < 4.78 is 36.4. The van der Waals surface area contributed by atoms with E-state index in [1.165, 1.54) is 6.92 Å². The summed E-state index contributed by atoms with van der Waals surface area (Å²) in [4.78, 5) is 22.7. The molecule has 0 aliphatic heterocycles. The number of carbonyl (C=O) groups is 2. The van der Waals surface area contributed by atoms with Crippen molar-refractivity contribution >= 4 is 34.5 Å². The molecule has 1 rings (SSSR count). The van der Waals surface area contributed by atoms with Gasteiger partial charge in [0.2, 0.25) is 0 Å². The van der Waals surface area contributed by atoms with Gasteiger partial charge in [-0.15, -0.1) is 0 Å². The summed E-state index contributed by atoms with van der Waals surface area (Å²) in [5.74, 6) is -5.80. The van der Waals surface area contributed by atoms with Crippen LogP contribution < -0.4 is 0 Å². The minimum Gasteiger partial charge on any atom is -0.462 e. The molecule has 0 fully saturated rings. The topological polar surface area (TPSA) is 52.6 Å². The zero-order valence-corrected chi connectivity index (χ0v) is 14.0. The average Bonchev–Trinajstić information content (AvgIpc) is 2.47. The molecule has 1 aromatic carbocycles. The highest BCUT2D eigenvalue weighted by Crippen LogP contribution is 2.24. The molecular formula is C15H15F2IO4. The predicted octanol–water partition coefficient (Wildman–Crippen LogP) is 3.75. The van der Waals surface area contributed by atoms with Crippen LogP contribution in [0.3, 0.4) is 0 Å². The number of ether oxygens (including phenoxy) is 2. The Hall–Kier alpha value is -1.51. The van der Waals surface area contributed by atoms with Crippen LogP contribution in [0.4, 0.5) is 8.78 Å². The number of halogens is 3. The van der Waals surface area contributed by atoms with Crippen molar-refractivity contribution in [3.05, 3.63) is 45.6 Å². The molecule has 22 heavy (non-hydrogen) atoms. The predicted molar refractivity (Wildman–Crippen MR) is 85.0 cm³/mol. The molecule has 0 unspecified atom stereocenters.